The Labute approximate surface area is 208 Å². The van der Waals surface area contributed by atoms with Crippen molar-refractivity contribution in [2.75, 3.05) is 11.9 Å². The Balaban J connectivity index is 1.64. The lowest BCUT2D eigenvalue weighted by molar-refractivity contribution is -0.131. The first-order valence-electron chi connectivity index (χ1n) is 11.3. The number of imidazole rings is 1. The third-order valence-electron chi connectivity index (χ3n) is 5.75. The van der Waals surface area contributed by atoms with Gasteiger partial charge in [-0.25, -0.2) is 9.37 Å². The number of aryl methyl sites for hydroxylation is 3. The van der Waals surface area contributed by atoms with Crippen molar-refractivity contribution in [3.05, 3.63) is 88.9 Å². The molecule has 0 fully saturated rings. The number of hydrogen-bond donors (Lipinski definition) is 2. The highest BCUT2D eigenvalue weighted by molar-refractivity contribution is 5.94. The van der Waals surface area contributed by atoms with Gasteiger partial charge in [-0.3, -0.25) is 9.20 Å². The molecular weight excluding hydrogens is 495 g/mol. The highest BCUT2D eigenvalue weighted by Gasteiger charge is 2.26. The van der Waals surface area contributed by atoms with E-state index in [9.17, 15) is 26.7 Å². The number of carbonyl (C=O) groups excluding carboxylic acids is 1. The molecule has 0 aliphatic heterocycles. The van der Waals surface area contributed by atoms with Crippen molar-refractivity contribution >= 4 is 17.2 Å². The Morgan fingerprint density at radius 3 is 2.62 bits per heavy atom. The Kier molecular flexibility index (Phi) is 7.33. The molecule has 3 N–H and O–H groups in total. The first-order valence-corrected chi connectivity index (χ1v) is 11.3. The van der Waals surface area contributed by atoms with E-state index in [0.29, 0.717) is 29.7 Å². The van der Waals surface area contributed by atoms with Gasteiger partial charge in [-0.2, -0.15) is 17.6 Å². The molecule has 1 amide bonds. The molecule has 6 nitrogen and oxygen atoms in total. The van der Waals surface area contributed by atoms with Crippen LogP contribution in [0.3, 0.4) is 0 Å². The van der Waals surface area contributed by atoms with Gasteiger partial charge in [0.2, 0.25) is 11.7 Å². The summed E-state index contributed by atoms with van der Waals surface area (Å²) in [6, 6.07) is 10.2. The smallest absolute Gasteiger partial charge is 0.390 e. The molecule has 0 spiro atoms. The maximum atomic E-state index is 14.2. The Bertz CT molecular complexity index is 1450. The molecule has 4 aromatic rings. The average molecular weight is 518 g/mol. The SMILES string of the molecule is Cc1cc(CCc2cnc3c(NCCC(F)(F)F)cc(Oc4cccc(F)c4F)cn23)ccc1C(N)=O. The van der Waals surface area contributed by atoms with Gasteiger partial charge in [-0.1, -0.05) is 18.2 Å². The highest BCUT2D eigenvalue weighted by atomic mass is 19.4. The molecule has 2 heterocycles. The molecule has 0 aliphatic carbocycles. The number of nitrogens with zero attached hydrogens (tertiary/aromatic N) is 2. The van der Waals surface area contributed by atoms with E-state index >= 15 is 0 Å². The van der Waals surface area contributed by atoms with Crippen LogP contribution < -0.4 is 15.8 Å². The number of primary amides is 1. The van der Waals surface area contributed by atoms with Crippen LogP contribution in [0, 0.1) is 18.6 Å². The van der Waals surface area contributed by atoms with Crippen molar-refractivity contribution in [1.29, 1.82) is 0 Å². The quantitative estimate of drug-likeness (QED) is 0.268. The minimum absolute atomic E-state index is 0.0763. The fourth-order valence-electron chi connectivity index (χ4n) is 3.94. The number of rotatable bonds is 9. The van der Waals surface area contributed by atoms with Crippen molar-refractivity contribution in [2.24, 2.45) is 5.73 Å². The van der Waals surface area contributed by atoms with Gasteiger partial charge < -0.3 is 15.8 Å². The molecule has 0 saturated heterocycles. The first-order chi connectivity index (χ1) is 17.5. The van der Waals surface area contributed by atoms with E-state index in [1.807, 2.05) is 6.07 Å². The maximum Gasteiger partial charge on any atom is 0.390 e. The van der Waals surface area contributed by atoms with Gasteiger partial charge in [-0.15, -0.1) is 0 Å². The second-order valence-electron chi connectivity index (χ2n) is 8.49. The summed E-state index contributed by atoms with van der Waals surface area (Å²) in [4.78, 5) is 15.8. The van der Waals surface area contributed by atoms with Gasteiger partial charge in [0.1, 0.15) is 5.75 Å². The molecule has 0 bridgehead atoms. The summed E-state index contributed by atoms with van der Waals surface area (Å²) in [5.74, 6) is -3.09. The van der Waals surface area contributed by atoms with Crippen molar-refractivity contribution in [3.63, 3.8) is 0 Å². The highest BCUT2D eigenvalue weighted by Crippen LogP contribution is 2.31. The largest absolute Gasteiger partial charge is 0.453 e. The number of amides is 1. The second-order valence-corrected chi connectivity index (χ2v) is 8.49. The first kappa shape index (κ1) is 25.9. The topological polar surface area (TPSA) is 81.7 Å². The molecular formula is C26H23F5N4O2. The summed E-state index contributed by atoms with van der Waals surface area (Å²) < 4.78 is 73.1. The normalized spacial score (nSPS) is 11.6. The van der Waals surface area contributed by atoms with Crippen LogP contribution in [-0.2, 0) is 12.8 Å². The zero-order chi connectivity index (χ0) is 26.7. The van der Waals surface area contributed by atoms with Gasteiger partial charge in [0.05, 0.1) is 18.3 Å². The van der Waals surface area contributed by atoms with Crippen LogP contribution in [-0.4, -0.2) is 28.0 Å². The lowest BCUT2D eigenvalue weighted by Crippen LogP contribution is -2.15. The zero-order valence-electron chi connectivity index (χ0n) is 19.7. The summed E-state index contributed by atoms with van der Waals surface area (Å²) in [5.41, 5.74) is 8.77. The zero-order valence-corrected chi connectivity index (χ0v) is 19.7. The number of fused-ring (bicyclic) bond motifs is 1. The van der Waals surface area contributed by atoms with Gasteiger partial charge in [0.15, 0.2) is 17.2 Å². The molecule has 0 unspecified atom stereocenters. The summed E-state index contributed by atoms with van der Waals surface area (Å²) >= 11 is 0. The van der Waals surface area contributed by atoms with Crippen LogP contribution in [0.1, 0.15) is 33.6 Å². The number of nitrogens with two attached hydrogens (primary N) is 1. The van der Waals surface area contributed by atoms with Crippen LogP contribution >= 0.6 is 0 Å². The summed E-state index contributed by atoms with van der Waals surface area (Å²) in [6.45, 7) is 1.37. The van der Waals surface area contributed by atoms with E-state index in [4.69, 9.17) is 10.5 Å². The predicted molar refractivity (Wildman–Crippen MR) is 128 cm³/mol. The van der Waals surface area contributed by atoms with Crippen LogP contribution in [0.15, 0.2) is 54.9 Å². The lowest BCUT2D eigenvalue weighted by atomic mass is 10.0. The van der Waals surface area contributed by atoms with Crippen LogP contribution in [0.4, 0.5) is 27.6 Å². The molecule has 2 aromatic heterocycles. The van der Waals surface area contributed by atoms with E-state index in [0.717, 1.165) is 17.2 Å². The molecule has 0 atom stereocenters. The maximum absolute atomic E-state index is 14.2. The number of pyridine rings is 1. The number of carbonyl (C=O) groups is 1. The number of benzene rings is 2. The minimum Gasteiger partial charge on any atom is -0.453 e. The third-order valence-corrected chi connectivity index (χ3v) is 5.75. The van der Waals surface area contributed by atoms with Gasteiger partial charge >= 0.3 is 6.18 Å². The van der Waals surface area contributed by atoms with E-state index < -0.39 is 36.7 Å². The Morgan fingerprint density at radius 2 is 1.92 bits per heavy atom. The van der Waals surface area contributed by atoms with E-state index in [2.05, 4.69) is 10.3 Å². The Hall–Kier alpha value is -4.15. The molecule has 4 rings (SSSR count). The van der Waals surface area contributed by atoms with Crippen LogP contribution in [0.25, 0.3) is 5.65 Å². The third kappa shape index (κ3) is 6.16. The van der Waals surface area contributed by atoms with Crippen LogP contribution in [0.2, 0.25) is 0 Å². The average Bonchev–Trinajstić information content (AvgIpc) is 3.23. The van der Waals surface area contributed by atoms with Gasteiger partial charge in [0.25, 0.3) is 0 Å². The van der Waals surface area contributed by atoms with Gasteiger partial charge in [-0.05, 0) is 49.1 Å². The Morgan fingerprint density at radius 1 is 1.14 bits per heavy atom. The second kappa shape index (κ2) is 10.5. The fraction of sp³-hybridized carbons (Fsp3) is 0.231. The van der Waals surface area contributed by atoms with Crippen molar-refractivity contribution in [3.8, 4) is 11.5 Å². The van der Waals surface area contributed by atoms with Crippen LogP contribution in [0.5, 0.6) is 11.5 Å². The van der Waals surface area contributed by atoms with E-state index in [1.165, 1.54) is 24.4 Å². The molecule has 0 radical (unpaired) electrons. The van der Waals surface area contributed by atoms with E-state index in [1.54, 1.807) is 29.7 Å². The number of alkyl halides is 3. The van der Waals surface area contributed by atoms with Crippen molar-refractivity contribution in [2.45, 2.75) is 32.4 Å². The number of ether oxygens (including phenoxy) is 1. The number of anilines is 1. The number of nitrogens with one attached hydrogen (secondary N) is 1. The standard InChI is InChI=1S/C26H23F5N4O2/c1-15-11-16(6-8-19(15)24(32)36)5-7-17-13-34-25-21(33-10-9-26(29,30)31)12-18(14-35(17)25)37-22-4-2-3-20(27)23(22)28/h2-4,6,8,11-14,33H,5,7,9-10H2,1H3,(H2,32,36). The molecule has 0 saturated carbocycles. The minimum atomic E-state index is -4.36. The number of halogens is 5. The number of aromatic nitrogens is 2. The van der Waals surface area contributed by atoms with E-state index in [-0.39, 0.29) is 17.2 Å². The predicted octanol–water partition coefficient (Wildman–Crippen LogP) is 5.96. The molecule has 11 heteroatoms. The molecule has 194 valence electrons. The molecule has 0 aliphatic rings. The number of hydrogen-bond acceptors (Lipinski definition) is 4. The van der Waals surface area contributed by atoms with Crippen molar-refractivity contribution in [1.82, 2.24) is 9.38 Å². The van der Waals surface area contributed by atoms with Gasteiger partial charge in [0, 0.05) is 30.1 Å². The fourth-order valence-corrected chi connectivity index (χ4v) is 3.94. The summed E-state index contributed by atoms with van der Waals surface area (Å²) in [5, 5.41) is 2.71. The summed E-state index contributed by atoms with van der Waals surface area (Å²) in [7, 11) is 0. The van der Waals surface area contributed by atoms with Crippen molar-refractivity contribution < 1.29 is 31.5 Å². The monoisotopic (exact) mass is 518 g/mol. The molecule has 2 aromatic carbocycles. The lowest BCUT2D eigenvalue weighted by Gasteiger charge is -2.14. The molecule has 37 heavy (non-hydrogen) atoms. The summed E-state index contributed by atoms with van der Waals surface area (Å²) in [6.07, 6.45) is -1.29.